The molecule has 0 radical (unpaired) electrons. The highest BCUT2D eigenvalue weighted by Crippen LogP contribution is 2.45. The molecule has 0 N–H and O–H groups in total. The zero-order valence-electron chi connectivity index (χ0n) is 22.8. The first-order chi connectivity index (χ1) is 20.8. The van der Waals surface area contributed by atoms with Gasteiger partial charge in [-0.05, 0) is 74.8 Å². The highest BCUT2D eigenvalue weighted by molar-refractivity contribution is 6.23. The second-order valence-electron chi connectivity index (χ2n) is 10.9. The average molecular weight is 536 g/mol. The van der Waals surface area contributed by atoms with Crippen molar-refractivity contribution in [2.75, 3.05) is 4.90 Å². The van der Waals surface area contributed by atoms with Crippen molar-refractivity contribution in [1.82, 2.24) is 0 Å². The highest BCUT2D eigenvalue weighted by atomic mass is 16.3. The van der Waals surface area contributed by atoms with Gasteiger partial charge in [-0.25, -0.2) is 0 Å². The summed E-state index contributed by atoms with van der Waals surface area (Å²) in [5.74, 6) is 0. The van der Waals surface area contributed by atoms with Gasteiger partial charge in [0.05, 0.1) is 11.4 Å². The third-order valence-corrected chi connectivity index (χ3v) is 8.63. The lowest BCUT2D eigenvalue weighted by atomic mass is 9.95. The van der Waals surface area contributed by atoms with Gasteiger partial charge < -0.3 is 9.32 Å². The summed E-state index contributed by atoms with van der Waals surface area (Å²) in [4.78, 5) is 2.41. The Kier molecular flexibility index (Phi) is 4.93. The second kappa shape index (κ2) is 8.95. The molecule has 0 bridgehead atoms. The number of para-hydroxylation sites is 2. The molecule has 0 atom stereocenters. The van der Waals surface area contributed by atoms with Crippen LogP contribution in [-0.4, -0.2) is 0 Å². The Labute approximate surface area is 242 Å². The predicted molar refractivity (Wildman–Crippen MR) is 178 cm³/mol. The topological polar surface area (TPSA) is 16.4 Å². The smallest absolute Gasteiger partial charge is 0.136 e. The van der Waals surface area contributed by atoms with Crippen molar-refractivity contribution < 1.29 is 4.42 Å². The molecule has 0 fully saturated rings. The number of anilines is 3. The van der Waals surface area contributed by atoms with Gasteiger partial charge in [-0.15, -0.1) is 0 Å². The molecule has 1 aromatic heterocycles. The average Bonchev–Trinajstić information content (AvgIpc) is 3.44. The Morgan fingerprint density at radius 2 is 0.905 bits per heavy atom. The van der Waals surface area contributed by atoms with E-state index in [0.717, 1.165) is 39.0 Å². The SMILES string of the molecule is c1ccc(N(c2cccc3c2ccc2c4ccccc4ccc32)c2cccc3c2ccc2oc4ccccc4c23)cc1. The molecular weight excluding hydrogens is 510 g/mol. The summed E-state index contributed by atoms with van der Waals surface area (Å²) in [6.45, 7) is 0. The fourth-order valence-corrected chi connectivity index (χ4v) is 6.78. The van der Waals surface area contributed by atoms with Crippen molar-refractivity contribution in [3.05, 3.63) is 152 Å². The first kappa shape index (κ1) is 23.1. The molecule has 2 heteroatoms. The number of rotatable bonds is 3. The zero-order chi connectivity index (χ0) is 27.6. The minimum atomic E-state index is 0.913. The second-order valence-corrected chi connectivity index (χ2v) is 10.9. The van der Waals surface area contributed by atoms with Crippen LogP contribution in [0.15, 0.2) is 156 Å². The first-order valence-corrected chi connectivity index (χ1v) is 14.4. The van der Waals surface area contributed by atoms with Gasteiger partial charge in [-0.2, -0.15) is 0 Å². The van der Waals surface area contributed by atoms with Crippen LogP contribution in [0.1, 0.15) is 0 Å². The van der Waals surface area contributed by atoms with Crippen LogP contribution in [0, 0.1) is 0 Å². The molecule has 9 rings (SSSR count). The molecule has 0 aliphatic heterocycles. The van der Waals surface area contributed by atoms with E-state index in [0.29, 0.717) is 0 Å². The predicted octanol–water partition coefficient (Wildman–Crippen LogP) is 11.7. The van der Waals surface area contributed by atoms with E-state index in [1.54, 1.807) is 0 Å². The number of fused-ring (bicyclic) bond motifs is 10. The number of hydrogen-bond acceptors (Lipinski definition) is 2. The first-order valence-electron chi connectivity index (χ1n) is 14.4. The van der Waals surface area contributed by atoms with Crippen LogP contribution in [0.2, 0.25) is 0 Å². The quantitative estimate of drug-likeness (QED) is 0.209. The summed E-state index contributed by atoms with van der Waals surface area (Å²) in [6, 6.07) is 54.4. The van der Waals surface area contributed by atoms with E-state index in [1.165, 1.54) is 43.1 Å². The lowest BCUT2D eigenvalue weighted by molar-refractivity contribution is 0.669. The molecule has 0 saturated carbocycles. The number of nitrogens with zero attached hydrogens (tertiary/aromatic N) is 1. The third-order valence-electron chi connectivity index (χ3n) is 8.63. The molecule has 0 spiro atoms. The van der Waals surface area contributed by atoms with Gasteiger partial charge in [0, 0.05) is 27.2 Å². The monoisotopic (exact) mass is 535 g/mol. The Hall–Kier alpha value is -5.60. The number of furan rings is 1. The Morgan fingerprint density at radius 1 is 0.333 bits per heavy atom. The lowest BCUT2D eigenvalue weighted by Crippen LogP contribution is -2.11. The third kappa shape index (κ3) is 3.33. The number of benzene rings is 8. The van der Waals surface area contributed by atoms with Gasteiger partial charge in [0.15, 0.2) is 0 Å². The zero-order valence-corrected chi connectivity index (χ0v) is 22.8. The fraction of sp³-hybridized carbons (Fsp3) is 0. The lowest BCUT2D eigenvalue weighted by Gasteiger charge is -2.28. The molecule has 0 unspecified atom stereocenters. The van der Waals surface area contributed by atoms with E-state index >= 15 is 0 Å². The summed E-state index contributed by atoms with van der Waals surface area (Å²) in [5, 5.41) is 12.2. The van der Waals surface area contributed by atoms with Crippen LogP contribution in [-0.2, 0) is 0 Å². The molecule has 9 aromatic rings. The van der Waals surface area contributed by atoms with Gasteiger partial charge in [-0.1, -0.05) is 109 Å². The van der Waals surface area contributed by atoms with Gasteiger partial charge >= 0.3 is 0 Å². The fourth-order valence-electron chi connectivity index (χ4n) is 6.78. The van der Waals surface area contributed by atoms with Crippen molar-refractivity contribution >= 4 is 82.1 Å². The maximum atomic E-state index is 6.25. The van der Waals surface area contributed by atoms with Gasteiger partial charge in [0.25, 0.3) is 0 Å². The summed E-state index contributed by atoms with van der Waals surface area (Å²) in [5.41, 5.74) is 5.23. The maximum absolute atomic E-state index is 6.25. The molecule has 0 aliphatic carbocycles. The van der Waals surface area contributed by atoms with E-state index in [1.807, 2.05) is 12.1 Å². The van der Waals surface area contributed by atoms with E-state index in [9.17, 15) is 0 Å². The largest absolute Gasteiger partial charge is 0.456 e. The van der Waals surface area contributed by atoms with Crippen molar-refractivity contribution in [2.45, 2.75) is 0 Å². The van der Waals surface area contributed by atoms with Gasteiger partial charge in [0.2, 0.25) is 0 Å². The van der Waals surface area contributed by atoms with E-state index in [4.69, 9.17) is 4.42 Å². The Morgan fingerprint density at radius 3 is 1.76 bits per heavy atom. The molecule has 0 amide bonds. The Balaban J connectivity index is 1.36. The van der Waals surface area contributed by atoms with Crippen LogP contribution in [0.25, 0.3) is 65.0 Å². The standard InChI is InChI=1S/C40H25NO/c1-2-11-27(12-3-1)41(37-18-9-16-34-33(37)24-25-39-40(34)35-14-6-7-19-38(35)42-39)36-17-8-15-29-31-21-20-26-10-4-5-13-28(26)30(31)22-23-32(29)36/h1-25H. The van der Waals surface area contributed by atoms with E-state index in [2.05, 4.69) is 144 Å². The van der Waals surface area contributed by atoms with Crippen LogP contribution in [0.5, 0.6) is 0 Å². The maximum Gasteiger partial charge on any atom is 0.136 e. The highest BCUT2D eigenvalue weighted by Gasteiger charge is 2.20. The minimum absolute atomic E-state index is 0.913. The van der Waals surface area contributed by atoms with Crippen LogP contribution < -0.4 is 4.90 Å². The number of hydrogen-bond donors (Lipinski definition) is 0. The molecule has 196 valence electrons. The van der Waals surface area contributed by atoms with Gasteiger partial charge in [-0.3, -0.25) is 0 Å². The Bertz CT molecular complexity index is 2470. The van der Waals surface area contributed by atoms with Crippen molar-refractivity contribution in [3.63, 3.8) is 0 Å². The summed E-state index contributed by atoms with van der Waals surface area (Å²) in [7, 11) is 0. The van der Waals surface area contributed by atoms with E-state index < -0.39 is 0 Å². The molecule has 42 heavy (non-hydrogen) atoms. The van der Waals surface area contributed by atoms with Crippen LogP contribution in [0.3, 0.4) is 0 Å². The summed E-state index contributed by atoms with van der Waals surface area (Å²) >= 11 is 0. The molecule has 8 aromatic carbocycles. The molecule has 2 nitrogen and oxygen atoms in total. The molecule has 0 saturated heterocycles. The molecular formula is C40H25NO. The molecule has 0 aliphatic rings. The van der Waals surface area contributed by atoms with Gasteiger partial charge in [0.1, 0.15) is 11.2 Å². The minimum Gasteiger partial charge on any atom is -0.456 e. The van der Waals surface area contributed by atoms with E-state index in [-0.39, 0.29) is 0 Å². The van der Waals surface area contributed by atoms with Crippen molar-refractivity contribution in [1.29, 1.82) is 0 Å². The normalized spacial score (nSPS) is 11.8. The van der Waals surface area contributed by atoms with Crippen LogP contribution in [0.4, 0.5) is 17.1 Å². The summed E-state index contributed by atoms with van der Waals surface area (Å²) in [6.07, 6.45) is 0. The van der Waals surface area contributed by atoms with Crippen molar-refractivity contribution in [3.8, 4) is 0 Å². The summed E-state index contributed by atoms with van der Waals surface area (Å²) < 4.78 is 6.25. The van der Waals surface area contributed by atoms with Crippen LogP contribution >= 0.6 is 0 Å². The van der Waals surface area contributed by atoms with Crippen molar-refractivity contribution in [2.24, 2.45) is 0 Å². The molecule has 1 heterocycles.